The van der Waals surface area contributed by atoms with E-state index in [-0.39, 0.29) is 5.75 Å². The van der Waals surface area contributed by atoms with Gasteiger partial charge < -0.3 is 5.32 Å². The molecule has 0 fully saturated rings. The molecule has 19 heavy (non-hydrogen) atoms. The highest BCUT2D eigenvalue weighted by atomic mass is 35.5. The van der Waals surface area contributed by atoms with Crippen molar-refractivity contribution in [3.63, 3.8) is 0 Å². The zero-order valence-electron chi connectivity index (χ0n) is 10.9. The van der Waals surface area contributed by atoms with Crippen molar-refractivity contribution in [2.24, 2.45) is 0 Å². The largest absolute Gasteiger partial charge is 0.314 e. The summed E-state index contributed by atoms with van der Waals surface area (Å²) >= 11 is 11.7. The van der Waals surface area contributed by atoms with Crippen LogP contribution in [0.2, 0.25) is 10.0 Å². The molecule has 1 aromatic carbocycles. The molecule has 2 N–H and O–H groups in total. The molecule has 7 heteroatoms. The van der Waals surface area contributed by atoms with Crippen molar-refractivity contribution in [1.29, 1.82) is 0 Å². The highest BCUT2D eigenvalue weighted by Crippen LogP contribution is 2.26. The fourth-order valence-electron chi connectivity index (χ4n) is 1.45. The quantitative estimate of drug-likeness (QED) is 0.757. The van der Waals surface area contributed by atoms with E-state index in [4.69, 9.17) is 23.2 Å². The van der Waals surface area contributed by atoms with Crippen molar-refractivity contribution in [2.45, 2.75) is 26.3 Å². The van der Waals surface area contributed by atoms with E-state index >= 15 is 0 Å². The number of benzene rings is 1. The molecule has 108 valence electrons. The SMILES string of the molecule is CC(C)NCCCS(=O)(=O)Nc1cc(Cl)ccc1Cl. The summed E-state index contributed by atoms with van der Waals surface area (Å²) < 4.78 is 26.2. The van der Waals surface area contributed by atoms with Gasteiger partial charge in [0, 0.05) is 11.1 Å². The van der Waals surface area contributed by atoms with Crippen LogP contribution in [0, 0.1) is 0 Å². The van der Waals surface area contributed by atoms with Crippen molar-refractivity contribution >= 4 is 38.9 Å². The first kappa shape index (κ1) is 16.6. The van der Waals surface area contributed by atoms with Crippen molar-refractivity contribution < 1.29 is 8.42 Å². The monoisotopic (exact) mass is 324 g/mol. The molecule has 4 nitrogen and oxygen atoms in total. The van der Waals surface area contributed by atoms with Gasteiger partial charge in [-0.3, -0.25) is 4.72 Å². The molecule has 0 aliphatic heterocycles. The zero-order valence-corrected chi connectivity index (χ0v) is 13.2. The van der Waals surface area contributed by atoms with Crippen LogP contribution in [0.1, 0.15) is 20.3 Å². The maximum Gasteiger partial charge on any atom is 0.232 e. The second-order valence-corrected chi connectivity index (χ2v) is 7.19. The fourth-order valence-corrected chi connectivity index (χ4v) is 2.97. The summed E-state index contributed by atoms with van der Waals surface area (Å²) in [5.74, 6) is 0.0373. The highest BCUT2D eigenvalue weighted by Gasteiger charge is 2.12. The summed E-state index contributed by atoms with van der Waals surface area (Å²) in [6.07, 6.45) is 0.533. The van der Waals surface area contributed by atoms with Crippen LogP contribution in [0.15, 0.2) is 18.2 Å². The predicted molar refractivity (Wildman–Crippen MR) is 81.6 cm³/mol. The normalized spacial score (nSPS) is 11.8. The van der Waals surface area contributed by atoms with E-state index in [2.05, 4.69) is 10.0 Å². The number of halogens is 2. The van der Waals surface area contributed by atoms with E-state index in [9.17, 15) is 8.42 Å². The number of anilines is 1. The first-order chi connectivity index (χ1) is 8.80. The third-order valence-corrected chi connectivity index (χ3v) is 4.26. The van der Waals surface area contributed by atoms with Crippen LogP contribution in [0.3, 0.4) is 0 Å². The van der Waals surface area contributed by atoms with Crippen LogP contribution < -0.4 is 10.0 Å². The Morgan fingerprint density at radius 2 is 1.95 bits per heavy atom. The molecule has 0 aliphatic rings. The smallest absolute Gasteiger partial charge is 0.232 e. The van der Waals surface area contributed by atoms with E-state index in [1.165, 1.54) is 6.07 Å². The van der Waals surface area contributed by atoms with Crippen LogP contribution in [0.5, 0.6) is 0 Å². The van der Waals surface area contributed by atoms with Gasteiger partial charge in [0.15, 0.2) is 0 Å². The number of nitrogens with one attached hydrogen (secondary N) is 2. The Labute approximate surface area is 124 Å². The molecule has 0 bridgehead atoms. The molecule has 0 saturated carbocycles. The van der Waals surface area contributed by atoms with E-state index in [1.54, 1.807) is 12.1 Å². The Kier molecular flexibility index (Phi) is 6.39. The van der Waals surface area contributed by atoms with Gasteiger partial charge in [-0.25, -0.2) is 8.42 Å². The van der Waals surface area contributed by atoms with Gasteiger partial charge >= 0.3 is 0 Å². The Balaban J connectivity index is 2.57. The van der Waals surface area contributed by atoms with Gasteiger partial charge in [-0.1, -0.05) is 37.0 Å². The molecular formula is C12H18Cl2N2O2S. The minimum Gasteiger partial charge on any atom is -0.314 e. The number of rotatable bonds is 7. The molecular weight excluding hydrogens is 307 g/mol. The van der Waals surface area contributed by atoms with Crippen LogP contribution in [-0.4, -0.2) is 26.8 Å². The van der Waals surface area contributed by atoms with Gasteiger partial charge in [-0.15, -0.1) is 0 Å². The third-order valence-electron chi connectivity index (χ3n) is 2.34. The molecule has 0 unspecified atom stereocenters. The number of hydrogen-bond donors (Lipinski definition) is 2. The van der Waals surface area contributed by atoms with Crippen molar-refractivity contribution in [3.05, 3.63) is 28.2 Å². The van der Waals surface area contributed by atoms with Gasteiger partial charge in [0.25, 0.3) is 0 Å². The molecule has 0 saturated heterocycles. The standard InChI is InChI=1S/C12H18Cl2N2O2S/c1-9(2)15-6-3-7-19(17,18)16-12-8-10(13)4-5-11(12)14/h4-5,8-9,15-16H,3,6-7H2,1-2H3. The Bertz CT molecular complexity index is 518. The lowest BCUT2D eigenvalue weighted by Gasteiger charge is -2.11. The molecule has 1 rings (SSSR count). The van der Waals surface area contributed by atoms with E-state index in [0.29, 0.717) is 34.7 Å². The molecule has 0 radical (unpaired) electrons. The topological polar surface area (TPSA) is 58.2 Å². The van der Waals surface area contributed by atoms with Crippen LogP contribution in [0.25, 0.3) is 0 Å². The van der Waals surface area contributed by atoms with Gasteiger partial charge in [0.1, 0.15) is 0 Å². The van der Waals surface area contributed by atoms with Crippen molar-refractivity contribution in [2.75, 3.05) is 17.0 Å². The molecule has 1 aromatic rings. The predicted octanol–water partition coefficient (Wildman–Crippen LogP) is 3.12. The second kappa shape index (κ2) is 7.33. The first-order valence-corrected chi connectivity index (χ1v) is 8.40. The molecule has 0 heterocycles. The first-order valence-electron chi connectivity index (χ1n) is 5.99. The lowest BCUT2D eigenvalue weighted by Crippen LogP contribution is -2.26. The Morgan fingerprint density at radius 3 is 2.58 bits per heavy atom. The Hall–Kier alpha value is -0.490. The van der Waals surface area contributed by atoms with Crippen LogP contribution in [0.4, 0.5) is 5.69 Å². The van der Waals surface area contributed by atoms with Crippen LogP contribution >= 0.6 is 23.2 Å². The average molecular weight is 325 g/mol. The average Bonchev–Trinajstić information content (AvgIpc) is 2.29. The number of sulfonamides is 1. The van der Waals surface area contributed by atoms with Crippen LogP contribution in [-0.2, 0) is 10.0 Å². The number of hydrogen-bond acceptors (Lipinski definition) is 3. The summed E-state index contributed by atoms with van der Waals surface area (Å²) in [7, 11) is -3.40. The van der Waals surface area contributed by atoms with Gasteiger partial charge in [0.2, 0.25) is 10.0 Å². The van der Waals surface area contributed by atoms with E-state index in [1.807, 2.05) is 13.8 Å². The summed E-state index contributed by atoms with van der Waals surface area (Å²) in [5.41, 5.74) is 0.311. The van der Waals surface area contributed by atoms with Crippen molar-refractivity contribution in [1.82, 2.24) is 5.32 Å². The lowest BCUT2D eigenvalue weighted by molar-refractivity contribution is 0.571. The van der Waals surface area contributed by atoms with Gasteiger partial charge in [0.05, 0.1) is 16.5 Å². The lowest BCUT2D eigenvalue weighted by atomic mass is 10.3. The van der Waals surface area contributed by atoms with Gasteiger partial charge in [-0.2, -0.15) is 0 Å². The summed E-state index contributed by atoms with van der Waals surface area (Å²) in [5, 5.41) is 3.92. The van der Waals surface area contributed by atoms with Crippen molar-refractivity contribution in [3.8, 4) is 0 Å². The highest BCUT2D eigenvalue weighted by molar-refractivity contribution is 7.92. The maximum atomic E-state index is 11.9. The molecule has 0 amide bonds. The Morgan fingerprint density at radius 1 is 1.26 bits per heavy atom. The summed E-state index contributed by atoms with van der Waals surface area (Å²) in [6, 6.07) is 5.00. The molecule has 0 aromatic heterocycles. The third kappa shape index (κ3) is 6.47. The zero-order chi connectivity index (χ0) is 14.5. The summed E-state index contributed by atoms with van der Waals surface area (Å²) in [6.45, 7) is 4.68. The summed E-state index contributed by atoms with van der Waals surface area (Å²) in [4.78, 5) is 0. The fraction of sp³-hybridized carbons (Fsp3) is 0.500. The minimum absolute atomic E-state index is 0.0373. The minimum atomic E-state index is -3.40. The van der Waals surface area contributed by atoms with E-state index in [0.717, 1.165) is 0 Å². The second-order valence-electron chi connectivity index (χ2n) is 4.51. The molecule has 0 atom stereocenters. The van der Waals surface area contributed by atoms with Gasteiger partial charge in [-0.05, 0) is 31.2 Å². The molecule has 0 aliphatic carbocycles. The van der Waals surface area contributed by atoms with E-state index < -0.39 is 10.0 Å². The molecule has 0 spiro atoms. The maximum absolute atomic E-state index is 11.9.